The van der Waals surface area contributed by atoms with Gasteiger partial charge in [0.15, 0.2) is 0 Å². The quantitative estimate of drug-likeness (QED) is 0.424. The van der Waals surface area contributed by atoms with Crippen molar-refractivity contribution in [1.29, 1.82) is 0 Å². The number of fused-ring (bicyclic) bond motifs is 1. The molecule has 1 aromatic carbocycles. The van der Waals surface area contributed by atoms with Crippen molar-refractivity contribution in [3.63, 3.8) is 0 Å². The second-order valence-electron chi connectivity index (χ2n) is 11.1. The number of carbonyl (C=O) groups is 3. The van der Waals surface area contributed by atoms with E-state index in [2.05, 4.69) is 24.1 Å². The number of hydrogen-bond acceptors (Lipinski definition) is 7. The molecule has 0 saturated carbocycles. The minimum Gasteiger partial charge on any atom is -0.466 e. The zero-order valence-electron chi connectivity index (χ0n) is 23.5. The highest BCUT2D eigenvalue weighted by molar-refractivity contribution is 6.03. The van der Waals surface area contributed by atoms with Gasteiger partial charge < -0.3 is 29.7 Å². The first-order chi connectivity index (χ1) is 18.1. The number of carbonyl (C=O) groups excluding carboxylic acids is 3. The number of aliphatic hydroxyl groups excluding tert-OH is 1. The van der Waals surface area contributed by atoms with Gasteiger partial charge in [-0.05, 0) is 70.7 Å². The van der Waals surface area contributed by atoms with Crippen molar-refractivity contribution >= 4 is 29.2 Å². The van der Waals surface area contributed by atoms with Crippen molar-refractivity contribution in [3.8, 4) is 0 Å². The fourth-order valence-electron chi connectivity index (χ4n) is 6.98. The minimum atomic E-state index is -1.16. The van der Waals surface area contributed by atoms with Crippen LogP contribution in [0, 0.1) is 17.8 Å². The van der Waals surface area contributed by atoms with E-state index in [-0.39, 0.29) is 30.9 Å². The minimum absolute atomic E-state index is 0.0586. The molecule has 9 heteroatoms. The van der Waals surface area contributed by atoms with Crippen LogP contribution in [-0.4, -0.2) is 77.4 Å². The smallest absolute Gasteiger partial charge is 0.312 e. The van der Waals surface area contributed by atoms with Crippen LogP contribution >= 0.6 is 0 Å². The van der Waals surface area contributed by atoms with E-state index >= 15 is 0 Å². The fourth-order valence-corrected chi connectivity index (χ4v) is 6.98. The monoisotopic (exact) mass is 529 g/mol. The van der Waals surface area contributed by atoms with E-state index in [1.165, 1.54) is 4.90 Å². The number of nitrogens with zero attached hydrogens (tertiary/aromatic N) is 2. The van der Waals surface area contributed by atoms with Gasteiger partial charge in [0, 0.05) is 24.5 Å². The first-order valence-corrected chi connectivity index (χ1v) is 14.1. The summed E-state index contributed by atoms with van der Waals surface area (Å²) in [5, 5.41) is 13.4. The highest BCUT2D eigenvalue weighted by Crippen LogP contribution is 2.63. The van der Waals surface area contributed by atoms with E-state index in [9.17, 15) is 19.5 Å². The molecule has 38 heavy (non-hydrogen) atoms. The highest BCUT2D eigenvalue weighted by Gasteiger charge is 2.79. The molecule has 0 aromatic heterocycles. The maximum Gasteiger partial charge on any atom is 0.312 e. The zero-order chi connectivity index (χ0) is 27.8. The van der Waals surface area contributed by atoms with E-state index in [1.54, 1.807) is 6.92 Å². The Morgan fingerprint density at radius 1 is 1.18 bits per heavy atom. The third-order valence-corrected chi connectivity index (χ3v) is 9.11. The van der Waals surface area contributed by atoms with Crippen LogP contribution in [0.1, 0.15) is 60.8 Å². The SMILES string of the molecule is CCOC(=O)[C@H]1[C@H]2C(=O)N([C@@H](CO)[C@@H](C)CC)C(C(=O)Nc3ccc(N(CC)CC)cc3)C23CC[C@]1(C)O3. The topological polar surface area (TPSA) is 108 Å². The molecule has 2 bridgehead atoms. The second kappa shape index (κ2) is 10.8. The number of benzene rings is 1. The Balaban J connectivity index is 1.72. The predicted molar refractivity (Wildman–Crippen MR) is 145 cm³/mol. The van der Waals surface area contributed by atoms with Gasteiger partial charge >= 0.3 is 5.97 Å². The average molecular weight is 530 g/mol. The molecule has 210 valence electrons. The lowest BCUT2D eigenvalue weighted by Crippen LogP contribution is -2.57. The van der Waals surface area contributed by atoms with Crippen molar-refractivity contribution in [1.82, 2.24) is 4.90 Å². The molecule has 3 fully saturated rings. The maximum atomic E-state index is 14.1. The Labute approximate surface area is 225 Å². The van der Waals surface area contributed by atoms with E-state index in [0.29, 0.717) is 24.9 Å². The lowest BCUT2D eigenvalue weighted by Gasteiger charge is -2.39. The summed E-state index contributed by atoms with van der Waals surface area (Å²) in [6.45, 7) is 13.4. The number of nitrogens with one attached hydrogen (secondary N) is 1. The number of ether oxygens (including phenoxy) is 2. The molecule has 3 saturated heterocycles. The summed E-state index contributed by atoms with van der Waals surface area (Å²) in [5.41, 5.74) is -0.365. The van der Waals surface area contributed by atoms with Crippen molar-refractivity contribution in [3.05, 3.63) is 24.3 Å². The van der Waals surface area contributed by atoms with Crippen LogP contribution in [0.5, 0.6) is 0 Å². The summed E-state index contributed by atoms with van der Waals surface area (Å²) in [5.74, 6) is -2.84. The van der Waals surface area contributed by atoms with Crippen LogP contribution in [0.2, 0.25) is 0 Å². The molecule has 7 atom stereocenters. The fraction of sp³-hybridized carbons (Fsp3) is 0.690. The third kappa shape index (κ3) is 4.37. The van der Waals surface area contributed by atoms with Crippen LogP contribution < -0.4 is 10.2 Å². The van der Waals surface area contributed by atoms with Crippen molar-refractivity contribution < 1.29 is 29.0 Å². The molecule has 0 aliphatic carbocycles. The van der Waals surface area contributed by atoms with E-state index < -0.39 is 41.1 Å². The van der Waals surface area contributed by atoms with Crippen molar-refractivity contribution in [2.75, 3.05) is 36.5 Å². The largest absolute Gasteiger partial charge is 0.466 e. The van der Waals surface area contributed by atoms with Gasteiger partial charge in [0.1, 0.15) is 17.6 Å². The van der Waals surface area contributed by atoms with E-state index in [1.807, 2.05) is 45.0 Å². The number of hydrogen-bond donors (Lipinski definition) is 2. The lowest BCUT2D eigenvalue weighted by atomic mass is 9.66. The number of anilines is 2. The van der Waals surface area contributed by atoms with Gasteiger partial charge in [-0.15, -0.1) is 0 Å². The number of esters is 1. The van der Waals surface area contributed by atoms with Gasteiger partial charge in [-0.25, -0.2) is 0 Å². The van der Waals surface area contributed by atoms with Crippen LogP contribution in [-0.2, 0) is 23.9 Å². The molecule has 3 aliphatic rings. The average Bonchev–Trinajstić information content (AvgIpc) is 3.47. The Morgan fingerprint density at radius 3 is 2.39 bits per heavy atom. The number of aliphatic hydroxyl groups is 1. The number of rotatable bonds is 11. The van der Waals surface area contributed by atoms with Gasteiger partial charge in [0.25, 0.3) is 0 Å². The molecule has 1 aromatic rings. The first-order valence-electron chi connectivity index (χ1n) is 14.1. The van der Waals surface area contributed by atoms with E-state index in [0.717, 1.165) is 18.8 Å². The third-order valence-electron chi connectivity index (χ3n) is 9.11. The molecule has 2 amide bonds. The molecular weight excluding hydrogens is 486 g/mol. The molecule has 3 heterocycles. The first kappa shape index (κ1) is 28.4. The van der Waals surface area contributed by atoms with Gasteiger partial charge in [0.05, 0.1) is 30.8 Å². The van der Waals surface area contributed by atoms with Crippen LogP contribution in [0.4, 0.5) is 11.4 Å². The normalized spacial score (nSPS) is 31.2. The molecule has 4 rings (SSSR count). The Kier molecular flexibility index (Phi) is 8.09. The number of likely N-dealkylation sites (tertiary alicyclic amines) is 1. The van der Waals surface area contributed by atoms with Gasteiger partial charge in [-0.1, -0.05) is 20.3 Å². The Morgan fingerprint density at radius 2 is 1.84 bits per heavy atom. The zero-order valence-corrected chi connectivity index (χ0v) is 23.5. The van der Waals surface area contributed by atoms with Gasteiger partial charge in [-0.3, -0.25) is 14.4 Å². The molecule has 1 spiro atoms. The Hall–Kier alpha value is -2.65. The number of amides is 2. The summed E-state index contributed by atoms with van der Waals surface area (Å²) in [6, 6.07) is 6.09. The lowest BCUT2D eigenvalue weighted by molar-refractivity contribution is -0.160. The van der Waals surface area contributed by atoms with Gasteiger partial charge in [0.2, 0.25) is 11.8 Å². The van der Waals surface area contributed by atoms with E-state index in [4.69, 9.17) is 9.47 Å². The van der Waals surface area contributed by atoms with Crippen LogP contribution in [0.25, 0.3) is 0 Å². The molecular formula is C29H43N3O6. The van der Waals surface area contributed by atoms with Crippen LogP contribution in [0.15, 0.2) is 24.3 Å². The van der Waals surface area contributed by atoms with Gasteiger partial charge in [-0.2, -0.15) is 0 Å². The summed E-state index contributed by atoms with van der Waals surface area (Å²) in [6.07, 6.45) is 1.74. The summed E-state index contributed by atoms with van der Waals surface area (Å²) in [4.78, 5) is 45.1. The molecule has 3 aliphatic heterocycles. The molecule has 9 nitrogen and oxygen atoms in total. The molecule has 2 N–H and O–H groups in total. The molecule has 0 radical (unpaired) electrons. The predicted octanol–water partition coefficient (Wildman–Crippen LogP) is 3.21. The summed E-state index contributed by atoms with van der Waals surface area (Å²) >= 11 is 0. The second-order valence-corrected chi connectivity index (χ2v) is 11.1. The molecule has 2 unspecified atom stereocenters. The standard InChI is InChI=1S/C29H43N3O6/c1-7-18(5)21(17-33)32-24(25(34)30-19-11-13-20(14-12-19)31(8-2)9-3)29-16-15-28(6,38-29)23(22(29)26(32)35)27(36)37-10-4/h11-14,18,21-24,33H,7-10,15-17H2,1-6H3,(H,30,34)/t18-,21-,22-,23+,24?,28-,29?/m0/s1. The summed E-state index contributed by atoms with van der Waals surface area (Å²) < 4.78 is 12.0. The highest BCUT2D eigenvalue weighted by atomic mass is 16.6. The maximum absolute atomic E-state index is 14.1. The van der Waals surface area contributed by atoms with Crippen molar-refractivity contribution in [2.45, 2.75) is 84.1 Å². The Bertz CT molecular complexity index is 1040. The summed E-state index contributed by atoms with van der Waals surface area (Å²) in [7, 11) is 0. The van der Waals surface area contributed by atoms with Crippen molar-refractivity contribution in [2.24, 2.45) is 17.8 Å². The van der Waals surface area contributed by atoms with Crippen LogP contribution in [0.3, 0.4) is 0 Å².